The van der Waals surface area contributed by atoms with Gasteiger partial charge in [-0.3, -0.25) is 9.59 Å². The van der Waals surface area contributed by atoms with Crippen molar-refractivity contribution in [3.8, 4) is 0 Å². The van der Waals surface area contributed by atoms with Crippen LogP contribution in [-0.2, 0) is 26.1 Å². The van der Waals surface area contributed by atoms with E-state index in [2.05, 4.69) is 27.6 Å². The van der Waals surface area contributed by atoms with E-state index < -0.39 is 15.9 Å². The molecule has 2 aromatic carbocycles. The highest BCUT2D eigenvalue weighted by molar-refractivity contribution is 14.1. The van der Waals surface area contributed by atoms with Crippen molar-refractivity contribution in [2.45, 2.75) is 24.8 Å². The lowest BCUT2D eigenvalue weighted by Gasteiger charge is -2.06. The van der Waals surface area contributed by atoms with Gasteiger partial charge in [0.1, 0.15) is 0 Å². The van der Waals surface area contributed by atoms with E-state index in [0.717, 1.165) is 14.9 Å². The molecule has 0 aliphatic carbocycles. The fourth-order valence-electron chi connectivity index (χ4n) is 2.75. The summed E-state index contributed by atoms with van der Waals surface area (Å²) in [6, 6.07) is 11.5. The number of nitrogens with zero attached hydrogens (tertiary/aromatic N) is 2. The molecule has 1 amide bonds. The number of esters is 1. The van der Waals surface area contributed by atoms with Crippen LogP contribution >= 0.6 is 33.9 Å². The number of aromatic nitrogens is 1. The van der Waals surface area contributed by atoms with Gasteiger partial charge in [-0.05, 0) is 59.8 Å². The number of sulfonamides is 1. The van der Waals surface area contributed by atoms with Crippen LogP contribution in [0.25, 0.3) is 10.2 Å². The van der Waals surface area contributed by atoms with E-state index >= 15 is 0 Å². The van der Waals surface area contributed by atoms with Crippen molar-refractivity contribution in [3.05, 3.63) is 56.4 Å². The number of primary sulfonamides is 1. The summed E-state index contributed by atoms with van der Waals surface area (Å²) in [5, 5.41) is 5.23. The zero-order valence-electron chi connectivity index (χ0n) is 15.9. The summed E-state index contributed by atoms with van der Waals surface area (Å²) in [6.07, 6.45) is 0.0842. The third-order valence-electron chi connectivity index (χ3n) is 4.13. The first-order chi connectivity index (χ1) is 14.2. The molecule has 3 aromatic rings. The fraction of sp³-hybridized carbons (Fsp3) is 0.211. The van der Waals surface area contributed by atoms with Crippen LogP contribution in [0.3, 0.4) is 0 Å². The molecular formula is C19H18IN3O5S2. The topological polar surface area (TPSA) is 121 Å². The van der Waals surface area contributed by atoms with Gasteiger partial charge < -0.3 is 9.30 Å². The van der Waals surface area contributed by atoms with Gasteiger partial charge in [-0.2, -0.15) is 4.99 Å². The summed E-state index contributed by atoms with van der Waals surface area (Å²) in [5.41, 5.74) is 1.10. The standard InChI is InChI=1S/C19H18IN3O5S2/c1-2-28-17(24)9-10-23-15-8-7-12(30(21,26)27)11-16(15)29-19(23)22-18(25)13-5-3-4-6-14(13)20/h3-8,11H,2,9-10H2,1H3,(H2,21,26,27). The van der Waals surface area contributed by atoms with Crippen LogP contribution in [0.4, 0.5) is 0 Å². The summed E-state index contributed by atoms with van der Waals surface area (Å²) < 4.78 is 31.4. The lowest BCUT2D eigenvalue weighted by atomic mass is 10.2. The molecule has 0 atom stereocenters. The van der Waals surface area contributed by atoms with E-state index in [9.17, 15) is 18.0 Å². The number of amides is 1. The number of halogens is 1. The Balaban J connectivity index is 2.12. The third-order valence-corrected chi connectivity index (χ3v) is 7.02. The number of benzene rings is 2. The van der Waals surface area contributed by atoms with E-state index in [-0.39, 0.29) is 30.4 Å². The first-order valence-corrected chi connectivity index (χ1v) is 12.3. The van der Waals surface area contributed by atoms with Gasteiger partial charge in [-0.25, -0.2) is 13.6 Å². The van der Waals surface area contributed by atoms with Crippen LogP contribution in [-0.4, -0.2) is 31.5 Å². The number of fused-ring (bicyclic) bond motifs is 1. The number of hydrogen-bond acceptors (Lipinski definition) is 6. The van der Waals surface area contributed by atoms with Crippen molar-refractivity contribution in [1.29, 1.82) is 0 Å². The van der Waals surface area contributed by atoms with Gasteiger partial charge in [0.05, 0.1) is 33.7 Å². The van der Waals surface area contributed by atoms with Gasteiger partial charge in [0.15, 0.2) is 4.80 Å². The average molecular weight is 559 g/mol. The fourth-order valence-corrected chi connectivity index (χ4v) is 5.08. The van der Waals surface area contributed by atoms with Crippen LogP contribution < -0.4 is 9.94 Å². The molecule has 0 saturated heterocycles. The molecular weight excluding hydrogens is 541 g/mol. The Morgan fingerprint density at radius 1 is 1.23 bits per heavy atom. The molecule has 158 valence electrons. The number of thiazole rings is 1. The van der Waals surface area contributed by atoms with E-state index in [1.54, 1.807) is 35.8 Å². The van der Waals surface area contributed by atoms with Gasteiger partial charge >= 0.3 is 5.97 Å². The maximum Gasteiger partial charge on any atom is 0.307 e. The number of ether oxygens (including phenoxy) is 1. The Hall–Kier alpha value is -2.09. The van der Waals surface area contributed by atoms with Crippen LogP contribution in [0.2, 0.25) is 0 Å². The summed E-state index contributed by atoms with van der Waals surface area (Å²) >= 11 is 3.21. The van der Waals surface area contributed by atoms with Crippen LogP contribution in [0.1, 0.15) is 23.7 Å². The summed E-state index contributed by atoms with van der Waals surface area (Å²) in [6.45, 7) is 2.22. The molecule has 0 spiro atoms. The molecule has 0 fully saturated rings. The Kier molecular flexibility index (Phi) is 7.06. The van der Waals surface area contributed by atoms with Crippen molar-refractivity contribution in [1.82, 2.24) is 4.57 Å². The molecule has 0 unspecified atom stereocenters. The molecule has 2 N–H and O–H groups in total. The molecule has 30 heavy (non-hydrogen) atoms. The molecule has 1 aromatic heterocycles. The van der Waals surface area contributed by atoms with Gasteiger partial charge in [0.2, 0.25) is 10.0 Å². The van der Waals surface area contributed by atoms with Crippen molar-refractivity contribution < 1.29 is 22.7 Å². The minimum absolute atomic E-state index is 0.0377. The minimum Gasteiger partial charge on any atom is -0.466 e. The lowest BCUT2D eigenvalue weighted by molar-refractivity contribution is -0.143. The van der Waals surface area contributed by atoms with Crippen molar-refractivity contribution in [3.63, 3.8) is 0 Å². The number of nitrogens with two attached hydrogens (primary N) is 1. The molecule has 3 rings (SSSR count). The molecule has 8 nitrogen and oxygen atoms in total. The first kappa shape index (κ1) is 22.6. The Labute approximate surface area is 190 Å². The third kappa shape index (κ3) is 5.14. The second-order valence-electron chi connectivity index (χ2n) is 6.16. The number of carbonyl (C=O) groups is 2. The van der Waals surface area contributed by atoms with E-state index in [0.29, 0.717) is 20.6 Å². The largest absolute Gasteiger partial charge is 0.466 e. The number of rotatable bonds is 6. The highest BCUT2D eigenvalue weighted by atomic mass is 127. The van der Waals surface area contributed by atoms with Gasteiger partial charge in [0.25, 0.3) is 5.91 Å². The van der Waals surface area contributed by atoms with Gasteiger partial charge in [-0.15, -0.1) is 0 Å². The average Bonchev–Trinajstić information content (AvgIpc) is 3.02. The maximum atomic E-state index is 12.7. The number of carbonyl (C=O) groups excluding carboxylic acids is 2. The van der Waals surface area contributed by atoms with Gasteiger partial charge in [-0.1, -0.05) is 23.5 Å². The summed E-state index contributed by atoms with van der Waals surface area (Å²) in [7, 11) is -3.88. The first-order valence-electron chi connectivity index (χ1n) is 8.86. The molecule has 11 heteroatoms. The maximum absolute atomic E-state index is 12.7. The van der Waals surface area contributed by atoms with E-state index in [1.165, 1.54) is 12.1 Å². The summed E-state index contributed by atoms with van der Waals surface area (Å²) in [5.74, 6) is -0.802. The smallest absolute Gasteiger partial charge is 0.307 e. The lowest BCUT2D eigenvalue weighted by Crippen LogP contribution is -2.19. The zero-order chi connectivity index (χ0) is 21.9. The zero-order valence-corrected chi connectivity index (χ0v) is 19.7. The molecule has 0 bridgehead atoms. The second kappa shape index (κ2) is 9.37. The monoisotopic (exact) mass is 559 g/mol. The second-order valence-corrected chi connectivity index (χ2v) is 9.90. The quantitative estimate of drug-likeness (QED) is 0.368. The summed E-state index contributed by atoms with van der Waals surface area (Å²) in [4.78, 5) is 29.1. The highest BCUT2D eigenvalue weighted by Gasteiger charge is 2.15. The molecule has 0 aliphatic rings. The highest BCUT2D eigenvalue weighted by Crippen LogP contribution is 2.22. The molecule has 0 saturated carbocycles. The molecule has 0 radical (unpaired) electrons. The SMILES string of the molecule is CCOC(=O)CCn1c(=NC(=O)c2ccccc2I)sc2cc(S(N)(=O)=O)ccc21. The number of hydrogen-bond donors (Lipinski definition) is 1. The van der Waals surface area contributed by atoms with E-state index in [4.69, 9.17) is 9.88 Å². The Morgan fingerprint density at radius 2 is 1.97 bits per heavy atom. The van der Waals surface area contributed by atoms with Crippen molar-refractivity contribution in [2.75, 3.05) is 6.61 Å². The number of aryl methyl sites for hydroxylation is 1. The Morgan fingerprint density at radius 3 is 2.63 bits per heavy atom. The Bertz CT molecular complexity index is 1290. The molecule has 0 aliphatic heterocycles. The predicted molar refractivity (Wildman–Crippen MR) is 121 cm³/mol. The van der Waals surface area contributed by atoms with Crippen molar-refractivity contribution >= 4 is 66.0 Å². The van der Waals surface area contributed by atoms with Crippen LogP contribution in [0, 0.1) is 3.57 Å². The van der Waals surface area contributed by atoms with Crippen LogP contribution in [0.15, 0.2) is 52.4 Å². The van der Waals surface area contributed by atoms with Gasteiger partial charge in [0, 0.05) is 10.1 Å². The van der Waals surface area contributed by atoms with Crippen LogP contribution in [0.5, 0.6) is 0 Å². The minimum atomic E-state index is -3.88. The van der Waals surface area contributed by atoms with E-state index in [1.807, 2.05) is 6.07 Å². The molecule has 1 heterocycles. The predicted octanol–water partition coefficient (Wildman–Crippen LogP) is 2.65. The van der Waals surface area contributed by atoms with Crippen molar-refractivity contribution in [2.24, 2.45) is 10.1 Å². The normalized spacial score (nSPS) is 12.3.